The van der Waals surface area contributed by atoms with E-state index in [4.69, 9.17) is 11.2 Å². The molecule has 2 unspecified atom stereocenters. The summed E-state index contributed by atoms with van der Waals surface area (Å²) in [4.78, 5) is 40.4. The number of hydrogen-bond acceptors (Lipinski definition) is 4. The highest BCUT2D eigenvalue weighted by Gasteiger charge is 2.37. The number of hydrogen-bond donors (Lipinski definition) is 2. The van der Waals surface area contributed by atoms with Crippen LogP contribution in [-0.4, -0.2) is 40.5 Å². The number of rotatable bonds is 8. The Morgan fingerprint density at radius 1 is 1.09 bits per heavy atom. The molecule has 0 heterocycles. The monoisotopic (exact) mass is 457 g/mol. The Labute approximate surface area is 198 Å². The first-order valence-electron chi connectivity index (χ1n) is 11.3. The van der Waals surface area contributed by atoms with Gasteiger partial charge in [-0.05, 0) is 77.5 Å². The van der Waals surface area contributed by atoms with Gasteiger partial charge in [-0.3, -0.25) is 14.5 Å². The molecule has 1 rings (SSSR count). The zero-order valence-corrected chi connectivity index (χ0v) is 21.4. The van der Waals surface area contributed by atoms with Crippen LogP contribution in [-0.2, 0) is 14.3 Å². The average Bonchev–Trinajstić information content (AvgIpc) is 2.65. The molecule has 0 aromatic heterocycles. The van der Waals surface area contributed by atoms with Gasteiger partial charge in [0.25, 0.3) is 5.91 Å². The van der Waals surface area contributed by atoms with E-state index in [2.05, 4.69) is 16.7 Å². The van der Waals surface area contributed by atoms with E-state index in [0.717, 1.165) is 16.0 Å². The fraction of sp³-hybridized carbons (Fsp3) is 0.577. The smallest absolute Gasteiger partial charge is 0.408 e. The number of carbonyl (C=O) groups is 3. The lowest BCUT2D eigenvalue weighted by Crippen LogP contribution is -2.52. The average molecular weight is 458 g/mol. The number of terminal acetylenes is 1. The summed E-state index contributed by atoms with van der Waals surface area (Å²) in [6, 6.07) is 5.83. The summed E-state index contributed by atoms with van der Waals surface area (Å²) in [5.41, 5.74) is 1.76. The lowest BCUT2D eigenvalue weighted by molar-refractivity contribution is -0.139. The molecule has 0 radical (unpaired) electrons. The SMILES string of the molecule is C#CN(C(=O)C(CC(C)C)NC(=O)OC(C)(C)C)C(C(=O)NC(C)C)c1cccc(C)c1C. The van der Waals surface area contributed by atoms with Gasteiger partial charge in [-0.2, -0.15) is 0 Å². The molecule has 2 atom stereocenters. The molecule has 0 aliphatic heterocycles. The first kappa shape index (κ1) is 28.0. The van der Waals surface area contributed by atoms with Crippen molar-refractivity contribution in [1.82, 2.24) is 15.5 Å². The van der Waals surface area contributed by atoms with Gasteiger partial charge in [0.1, 0.15) is 17.7 Å². The molecular weight excluding hydrogens is 418 g/mol. The molecule has 7 nitrogen and oxygen atoms in total. The zero-order chi connectivity index (χ0) is 25.5. The molecule has 1 aromatic carbocycles. The number of benzene rings is 1. The van der Waals surface area contributed by atoms with Crippen LogP contribution in [0.1, 0.15) is 77.6 Å². The molecule has 3 amide bonds. The van der Waals surface area contributed by atoms with Crippen LogP contribution in [0.25, 0.3) is 0 Å². The summed E-state index contributed by atoms with van der Waals surface area (Å²) in [7, 11) is 0. The first-order valence-corrected chi connectivity index (χ1v) is 11.3. The topological polar surface area (TPSA) is 87.7 Å². The van der Waals surface area contributed by atoms with Gasteiger partial charge in [0.15, 0.2) is 0 Å². The standard InChI is InChI=1S/C26H39N3O4/c1-11-29(24(31)21(15-16(2)3)28-25(32)33-26(8,9)10)22(23(30)27-17(4)5)20-14-12-13-18(6)19(20)7/h1,12-14,16-17,21-22H,15H2,2-10H3,(H,27,30)(H,28,32). The molecule has 7 heteroatoms. The van der Waals surface area contributed by atoms with Crippen molar-refractivity contribution in [1.29, 1.82) is 0 Å². The summed E-state index contributed by atoms with van der Waals surface area (Å²) < 4.78 is 5.34. The second kappa shape index (κ2) is 11.7. The van der Waals surface area contributed by atoms with Crippen molar-refractivity contribution >= 4 is 17.9 Å². The van der Waals surface area contributed by atoms with Crippen molar-refractivity contribution in [2.24, 2.45) is 5.92 Å². The van der Waals surface area contributed by atoms with Gasteiger partial charge in [-0.1, -0.05) is 38.5 Å². The van der Waals surface area contributed by atoms with Crippen LogP contribution in [0.4, 0.5) is 4.79 Å². The number of amides is 3. The molecule has 33 heavy (non-hydrogen) atoms. The third-order valence-electron chi connectivity index (χ3n) is 4.95. The van der Waals surface area contributed by atoms with Crippen molar-refractivity contribution in [3.8, 4) is 12.5 Å². The van der Waals surface area contributed by atoms with Gasteiger partial charge >= 0.3 is 6.09 Å². The van der Waals surface area contributed by atoms with Gasteiger partial charge < -0.3 is 15.4 Å². The van der Waals surface area contributed by atoms with E-state index in [1.807, 2.05) is 53.7 Å². The Balaban J connectivity index is 3.45. The Hall–Kier alpha value is -3.01. The van der Waals surface area contributed by atoms with E-state index >= 15 is 0 Å². The molecular formula is C26H39N3O4. The van der Waals surface area contributed by atoms with Crippen LogP contribution < -0.4 is 10.6 Å². The first-order chi connectivity index (χ1) is 15.2. The number of ether oxygens (including phenoxy) is 1. The maximum absolute atomic E-state index is 13.6. The van der Waals surface area contributed by atoms with E-state index in [-0.39, 0.29) is 17.9 Å². The normalized spacial score (nSPS) is 13.2. The maximum atomic E-state index is 13.6. The predicted molar refractivity (Wildman–Crippen MR) is 130 cm³/mol. The molecule has 0 aliphatic rings. The summed E-state index contributed by atoms with van der Waals surface area (Å²) in [6.07, 6.45) is 5.42. The third-order valence-corrected chi connectivity index (χ3v) is 4.95. The Kier molecular flexibility index (Phi) is 9.97. The van der Waals surface area contributed by atoms with Gasteiger partial charge in [-0.15, -0.1) is 0 Å². The van der Waals surface area contributed by atoms with Crippen molar-refractivity contribution < 1.29 is 19.1 Å². The number of carbonyl (C=O) groups excluding carboxylic acids is 3. The molecule has 1 aromatic rings. The number of nitrogens with zero attached hydrogens (tertiary/aromatic N) is 1. The fourth-order valence-electron chi connectivity index (χ4n) is 3.41. The molecule has 0 bridgehead atoms. The van der Waals surface area contributed by atoms with E-state index in [0.29, 0.717) is 12.0 Å². The number of aryl methyl sites for hydroxylation is 1. The summed E-state index contributed by atoms with van der Waals surface area (Å²) in [5, 5.41) is 5.52. The van der Waals surface area contributed by atoms with Crippen molar-refractivity contribution in [2.45, 2.75) is 92.5 Å². The minimum absolute atomic E-state index is 0.0807. The highest BCUT2D eigenvalue weighted by molar-refractivity contribution is 5.93. The predicted octanol–water partition coefficient (Wildman–Crippen LogP) is 4.23. The molecule has 0 spiro atoms. The van der Waals surface area contributed by atoms with E-state index < -0.39 is 29.7 Å². The van der Waals surface area contributed by atoms with Gasteiger partial charge in [0.05, 0.1) is 0 Å². The van der Waals surface area contributed by atoms with Crippen LogP contribution in [0.3, 0.4) is 0 Å². The molecule has 0 saturated carbocycles. The maximum Gasteiger partial charge on any atom is 0.408 e. The van der Waals surface area contributed by atoms with Crippen LogP contribution in [0.15, 0.2) is 18.2 Å². The van der Waals surface area contributed by atoms with E-state index in [1.54, 1.807) is 26.8 Å². The fourth-order valence-corrected chi connectivity index (χ4v) is 3.41. The third kappa shape index (κ3) is 8.45. The highest BCUT2D eigenvalue weighted by Crippen LogP contribution is 2.27. The Bertz CT molecular complexity index is 894. The molecule has 0 aliphatic carbocycles. The second-order valence-corrected chi connectivity index (χ2v) is 10.0. The number of alkyl carbamates (subject to hydrolysis) is 1. The Morgan fingerprint density at radius 3 is 2.18 bits per heavy atom. The molecule has 182 valence electrons. The minimum Gasteiger partial charge on any atom is -0.444 e. The van der Waals surface area contributed by atoms with E-state index in [1.165, 1.54) is 0 Å². The van der Waals surface area contributed by atoms with Gasteiger partial charge in [0.2, 0.25) is 5.91 Å². The minimum atomic E-state index is -1.04. The van der Waals surface area contributed by atoms with Crippen LogP contribution >= 0.6 is 0 Å². The Morgan fingerprint density at radius 2 is 1.70 bits per heavy atom. The van der Waals surface area contributed by atoms with Crippen molar-refractivity contribution in [2.75, 3.05) is 0 Å². The van der Waals surface area contributed by atoms with Crippen LogP contribution in [0, 0.1) is 32.2 Å². The van der Waals surface area contributed by atoms with Crippen LogP contribution in [0.5, 0.6) is 0 Å². The largest absolute Gasteiger partial charge is 0.444 e. The lowest BCUT2D eigenvalue weighted by Gasteiger charge is -2.32. The summed E-state index contributed by atoms with van der Waals surface area (Å²) >= 11 is 0. The van der Waals surface area contributed by atoms with Gasteiger partial charge in [-0.25, -0.2) is 4.79 Å². The molecule has 2 N–H and O–H groups in total. The lowest BCUT2D eigenvalue weighted by atomic mass is 9.94. The van der Waals surface area contributed by atoms with E-state index in [9.17, 15) is 14.4 Å². The van der Waals surface area contributed by atoms with Crippen LogP contribution in [0.2, 0.25) is 0 Å². The quantitative estimate of drug-likeness (QED) is 0.452. The highest BCUT2D eigenvalue weighted by atomic mass is 16.6. The zero-order valence-electron chi connectivity index (χ0n) is 21.4. The molecule has 0 fully saturated rings. The summed E-state index contributed by atoms with van der Waals surface area (Å²) in [6.45, 7) is 16.6. The van der Waals surface area contributed by atoms with Crippen molar-refractivity contribution in [3.05, 3.63) is 34.9 Å². The number of nitrogens with one attached hydrogen (secondary N) is 2. The van der Waals surface area contributed by atoms with Crippen molar-refractivity contribution in [3.63, 3.8) is 0 Å². The van der Waals surface area contributed by atoms with Gasteiger partial charge in [0, 0.05) is 12.1 Å². The second-order valence-electron chi connectivity index (χ2n) is 10.0. The molecule has 0 saturated heterocycles. The summed E-state index contributed by atoms with van der Waals surface area (Å²) in [5.74, 6) is -0.843.